The van der Waals surface area contributed by atoms with Gasteiger partial charge < -0.3 is 4.57 Å². The van der Waals surface area contributed by atoms with Crippen molar-refractivity contribution in [1.82, 2.24) is 14.1 Å². The number of hydrogen-bond acceptors (Lipinski definition) is 1. The smallest absolute Gasteiger partial charge is 0.137 e. The summed E-state index contributed by atoms with van der Waals surface area (Å²) in [5.74, 6) is 0.923. The number of rotatable bonds is 3. The molecule has 0 bridgehead atoms. The molecule has 0 atom stereocenters. The van der Waals surface area contributed by atoms with Gasteiger partial charge in [-0.1, -0.05) is 66.7 Å². The lowest BCUT2D eigenvalue weighted by Gasteiger charge is -2.09. The van der Waals surface area contributed by atoms with Gasteiger partial charge in [0.05, 0.1) is 16.6 Å². The first kappa shape index (κ1) is 21.0. The Kier molecular flexibility index (Phi) is 4.52. The van der Waals surface area contributed by atoms with Crippen LogP contribution in [0.15, 0.2) is 140 Å². The predicted molar refractivity (Wildman–Crippen MR) is 158 cm³/mol. The Morgan fingerprint density at radius 1 is 0.474 bits per heavy atom. The van der Waals surface area contributed by atoms with Crippen molar-refractivity contribution in [2.24, 2.45) is 0 Å². The van der Waals surface area contributed by atoms with E-state index in [-0.39, 0.29) is 0 Å². The van der Waals surface area contributed by atoms with Crippen molar-refractivity contribution in [3.63, 3.8) is 0 Å². The van der Waals surface area contributed by atoms with E-state index >= 15 is 0 Å². The van der Waals surface area contributed by atoms with Gasteiger partial charge in [0.1, 0.15) is 5.82 Å². The minimum atomic E-state index is 0.923. The van der Waals surface area contributed by atoms with Crippen molar-refractivity contribution in [3.05, 3.63) is 140 Å². The van der Waals surface area contributed by atoms with Crippen LogP contribution < -0.4 is 0 Å². The summed E-state index contributed by atoms with van der Waals surface area (Å²) in [6.45, 7) is 0. The molecular formula is C35H23N3. The highest BCUT2D eigenvalue weighted by molar-refractivity contribution is 6.14. The lowest BCUT2D eigenvalue weighted by molar-refractivity contribution is 1.08. The van der Waals surface area contributed by atoms with E-state index in [0.717, 1.165) is 16.9 Å². The molecule has 8 rings (SSSR count). The van der Waals surface area contributed by atoms with Gasteiger partial charge in [-0.25, -0.2) is 4.98 Å². The van der Waals surface area contributed by atoms with Gasteiger partial charge in [0.2, 0.25) is 0 Å². The van der Waals surface area contributed by atoms with Crippen LogP contribution in [0.2, 0.25) is 0 Å². The van der Waals surface area contributed by atoms with E-state index < -0.39 is 0 Å². The summed E-state index contributed by atoms with van der Waals surface area (Å²) < 4.78 is 4.55. The van der Waals surface area contributed by atoms with E-state index in [1.54, 1.807) is 0 Å². The van der Waals surface area contributed by atoms with Crippen LogP contribution in [0.1, 0.15) is 0 Å². The van der Waals surface area contributed by atoms with Crippen LogP contribution in [0, 0.1) is 0 Å². The highest BCUT2D eigenvalue weighted by Crippen LogP contribution is 2.36. The summed E-state index contributed by atoms with van der Waals surface area (Å²) >= 11 is 0. The SMILES string of the molecule is c1ccc(-c2ccc(-n3c4ccccc4c4cc5cc6c(ccn6-c6ccccc6)cc5cc43)nc2)cc1. The highest BCUT2D eigenvalue weighted by Gasteiger charge is 2.15. The predicted octanol–water partition coefficient (Wildman–Crippen LogP) is 8.94. The normalized spacial score (nSPS) is 11.7. The first-order valence-corrected chi connectivity index (χ1v) is 12.9. The van der Waals surface area contributed by atoms with Gasteiger partial charge in [-0.15, -0.1) is 0 Å². The van der Waals surface area contributed by atoms with Gasteiger partial charge in [-0.05, 0) is 77.0 Å². The minimum Gasteiger partial charge on any atom is -0.317 e. The Balaban J connectivity index is 1.35. The summed E-state index contributed by atoms with van der Waals surface area (Å²) in [7, 11) is 0. The topological polar surface area (TPSA) is 22.8 Å². The Morgan fingerprint density at radius 2 is 1.21 bits per heavy atom. The van der Waals surface area contributed by atoms with Crippen LogP contribution in [0.4, 0.5) is 0 Å². The zero-order valence-corrected chi connectivity index (χ0v) is 20.6. The zero-order chi connectivity index (χ0) is 25.1. The molecule has 0 saturated carbocycles. The largest absolute Gasteiger partial charge is 0.317 e. The molecule has 0 unspecified atom stereocenters. The molecule has 8 aromatic rings. The summed E-state index contributed by atoms with van der Waals surface area (Å²) in [4.78, 5) is 4.92. The summed E-state index contributed by atoms with van der Waals surface area (Å²) in [6.07, 6.45) is 4.13. The maximum absolute atomic E-state index is 4.92. The molecule has 0 N–H and O–H groups in total. The Bertz CT molecular complexity index is 2100. The number of fused-ring (bicyclic) bond motifs is 5. The molecule has 0 saturated heterocycles. The van der Waals surface area contributed by atoms with Crippen molar-refractivity contribution >= 4 is 43.5 Å². The quantitative estimate of drug-likeness (QED) is 0.245. The van der Waals surface area contributed by atoms with Gasteiger partial charge in [-0.3, -0.25) is 4.57 Å². The van der Waals surface area contributed by atoms with Crippen LogP contribution in [0.25, 0.3) is 66.1 Å². The molecule has 3 aromatic heterocycles. The van der Waals surface area contributed by atoms with Gasteiger partial charge in [0.15, 0.2) is 0 Å². The molecular weight excluding hydrogens is 462 g/mol. The second-order valence-corrected chi connectivity index (χ2v) is 9.77. The van der Waals surface area contributed by atoms with E-state index in [4.69, 9.17) is 4.98 Å². The van der Waals surface area contributed by atoms with Gasteiger partial charge in [0.25, 0.3) is 0 Å². The molecule has 0 aliphatic heterocycles. The van der Waals surface area contributed by atoms with Crippen LogP contribution >= 0.6 is 0 Å². The third-order valence-electron chi connectivity index (χ3n) is 7.56. The molecule has 38 heavy (non-hydrogen) atoms. The monoisotopic (exact) mass is 485 g/mol. The average Bonchev–Trinajstić information content (AvgIpc) is 3.54. The lowest BCUT2D eigenvalue weighted by Crippen LogP contribution is -1.97. The van der Waals surface area contributed by atoms with Crippen molar-refractivity contribution in [2.45, 2.75) is 0 Å². The molecule has 0 radical (unpaired) electrons. The van der Waals surface area contributed by atoms with Gasteiger partial charge in [-0.2, -0.15) is 0 Å². The van der Waals surface area contributed by atoms with E-state index in [1.807, 2.05) is 12.3 Å². The first-order valence-electron chi connectivity index (χ1n) is 12.9. The van der Waals surface area contributed by atoms with Crippen molar-refractivity contribution in [3.8, 4) is 22.6 Å². The number of benzene rings is 5. The fourth-order valence-electron chi connectivity index (χ4n) is 5.73. The van der Waals surface area contributed by atoms with Gasteiger partial charge >= 0.3 is 0 Å². The minimum absolute atomic E-state index is 0.923. The van der Waals surface area contributed by atoms with E-state index in [1.165, 1.54) is 49.2 Å². The Hall–Kier alpha value is -5.15. The van der Waals surface area contributed by atoms with E-state index in [0.29, 0.717) is 0 Å². The molecule has 0 amide bonds. The molecule has 0 aliphatic carbocycles. The molecule has 178 valence electrons. The number of aromatic nitrogens is 3. The summed E-state index contributed by atoms with van der Waals surface area (Å²) in [5.41, 5.74) is 7.00. The fraction of sp³-hybridized carbons (Fsp3) is 0. The maximum Gasteiger partial charge on any atom is 0.137 e. The molecule has 0 aliphatic rings. The van der Waals surface area contributed by atoms with Crippen molar-refractivity contribution in [2.75, 3.05) is 0 Å². The van der Waals surface area contributed by atoms with Crippen LogP contribution in [-0.4, -0.2) is 14.1 Å². The standard InChI is InChI=1S/C35H23N3/c1-3-9-24(10-4-1)26-15-16-35(36-23-26)38-32-14-8-7-13-30(32)31-20-28-21-33-25(19-27(28)22-34(31)38)17-18-37(33)29-11-5-2-6-12-29/h1-23H. The number of pyridine rings is 1. The molecule has 5 aromatic carbocycles. The number of nitrogens with zero attached hydrogens (tertiary/aromatic N) is 3. The van der Waals surface area contributed by atoms with Crippen LogP contribution in [-0.2, 0) is 0 Å². The fourth-order valence-corrected chi connectivity index (χ4v) is 5.73. The van der Waals surface area contributed by atoms with Crippen LogP contribution in [0.3, 0.4) is 0 Å². The number of para-hydroxylation sites is 2. The second-order valence-electron chi connectivity index (χ2n) is 9.77. The lowest BCUT2D eigenvalue weighted by atomic mass is 10.0. The first-order chi connectivity index (χ1) is 18.8. The summed E-state index contributed by atoms with van der Waals surface area (Å²) in [6, 6.07) is 45.3. The third kappa shape index (κ3) is 3.19. The Labute approximate surface area is 219 Å². The molecule has 0 fully saturated rings. The molecule has 0 spiro atoms. The zero-order valence-electron chi connectivity index (χ0n) is 20.6. The molecule has 3 nitrogen and oxygen atoms in total. The van der Waals surface area contributed by atoms with Gasteiger partial charge in [0, 0.05) is 39.8 Å². The third-order valence-corrected chi connectivity index (χ3v) is 7.56. The second kappa shape index (κ2) is 8.19. The van der Waals surface area contributed by atoms with Crippen molar-refractivity contribution in [1.29, 1.82) is 0 Å². The molecule has 3 heteroatoms. The van der Waals surface area contributed by atoms with Crippen LogP contribution in [0.5, 0.6) is 0 Å². The van der Waals surface area contributed by atoms with E-state index in [2.05, 4.69) is 137 Å². The van der Waals surface area contributed by atoms with Crippen molar-refractivity contribution < 1.29 is 0 Å². The summed E-state index contributed by atoms with van der Waals surface area (Å²) in [5, 5.41) is 6.15. The Morgan fingerprint density at radius 3 is 2.03 bits per heavy atom. The molecule has 3 heterocycles. The number of hydrogen-bond donors (Lipinski definition) is 0. The maximum atomic E-state index is 4.92. The average molecular weight is 486 g/mol. The van der Waals surface area contributed by atoms with E-state index in [9.17, 15) is 0 Å². The highest BCUT2D eigenvalue weighted by atomic mass is 15.1.